The molecule has 18 heavy (non-hydrogen) atoms. The largest absolute Gasteiger partial charge is 0.379 e. The molecule has 0 radical (unpaired) electrons. The zero-order valence-electron chi connectivity index (χ0n) is 10.9. The summed E-state index contributed by atoms with van der Waals surface area (Å²) < 4.78 is 11.2. The van der Waals surface area contributed by atoms with E-state index in [2.05, 4.69) is 29.2 Å². The summed E-state index contributed by atoms with van der Waals surface area (Å²) in [5.41, 5.74) is 1.20. The third kappa shape index (κ3) is 3.95. The summed E-state index contributed by atoms with van der Waals surface area (Å²) in [6.07, 6.45) is 4.30. The topological polar surface area (TPSA) is 21.7 Å². The second kappa shape index (κ2) is 7.31. The quantitative estimate of drug-likeness (QED) is 0.797. The molecule has 2 rings (SSSR count). The maximum Gasteiger partial charge on any atom is 0.130 e. The minimum absolute atomic E-state index is 0.0547. The van der Waals surface area contributed by atoms with Gasteiger partial charge in [-0.05, 0) is 18.6 Å². The lowest BCUT2D eigenvalue weighted by Crippen LogP contribution is -2.43. The minimum atomic E-state index is 0.0547. The molecule has 3 nitrogen and oxygen atoms in total. The molecule has 98 valence electrons. The van der Waals surface area contributed by atoms with Crippen molar-refractivity contribution in [2.75, 3.05) is 32.9 Å². The van der Waals surface area contributed by atoms with Crippen LogP contribution in [0.3, 0.4) is 0 Å². The second-order valence-corrected chi connectivity index (χ2v) is 4.26. The molecule has 0 aliphatic carbocycles. The van der Waals surface area contributed by atoms with Gasteiger partial charge in [0.25, 0.3) is 0 Å². The van der Waals surface area contributed by atoms with E-state index in [1.807, 2.05) is 25.1 Å². The zero-order valence-corrected chi connectivity index (χ0v) is 10.9. The molecule has 0 aromatic heterocycles. The van der Waals surface area contributed by atoms with Crippen LogP contribution in [-0.2, 0) is 9.47 Å². The van der Waals surface area contributed by atoms with Gasteiger partial charge in [-0.25, -0.2) is 0 Å². The molecule has 0 amide bonds. The summed E-state index contributed by atoms with van der Waals surface area (Å²) in [4.78, 5) is 2.31. The molecule has 1 fully saturated rings. The van der Waals surface area contributed by atoms with E-state index >= 15 is 0 Å². The van der Waals surface area contributed by atoms with Crippen molar-refractivity contribution in [2.24, 2.45) is 0 Å². The first-order valence-corrected chi connectivity index (χ1v) is 6.57. The third-order valence-corrected chi connectivity index (χ3v) is 3.00. The van der Waals surface area contributed by atoms with Gasteiger partial charge in [0.2, 0.25) is 0 Å². The van der Waals surface area contributed by atoms with Crippen molar-refractivity contribution in [3.8, 4) is 0 Å². The van der Waals surface area contributed by atoms with Gasteiger partial charge >= 0.3 is 0 Å². The predicted molar refractivity (Wildman–Crippen MR) is 73.3 cm³/mol. The molecule has 0 saturated carbocycles. The molecule has 1 aliphatic heterocycles. The van der Waals surface area contributed by atoms with E-state index in [0.29, 0.717) is 0 Å². The van der Waals surface area contributed by atoms with Crippen LogP contribution in [0, 0.1) is 0 Å². The average molecular weight is 247 g/mol. The van der Waals surface area contributed by atoms with Crippen LogP contribution in [0.2, 0.25) is 0 Å². The molecule has 0 bridgehead atoms. The lowest BCUT2D eigenvalue weighted by molar-refractivity contribution is -0.0682. The first-order valence-electron chi connectivity index (χ1n) is 6.57. The average Bonchev–Trinajstić information content (AvgIpc) is 2.45. The molecule has 1 saturated heterocycles. The van der Waals surface area contributed by atoms with Gasteiger partial charge in [0, 0.05) is 19.7 Å². The lowest BCUT2D eigenvalue weighted by atomic mass is 10.2. The van der Waals surface area contributed by atoms with Gasteiger partial charge in [0.05, 0.1) is 13.2 Å². The first-order chi connectivity index (χ1) is 8.90. The summed E-state index contributed by atoms with van der Waals surface area (Å²) in [5.74, 6) is 0. The number of nitrogens with zero attached hydrogens (tertiary/aromatic N) is 1. The van der Waals surface area contributed by atoms with Crippen molar-refractivity contribution in [1.82, 2.24) is 4.90 Å². The van der Waals surface area contributed by atoms with Crippen molar-refractivity contribution in [3.63, 3.8) is 0 Å². The minimum Gasteiger partial charge on any atom is -0.379 e. The SMILES string of the molecule is CCOC(C=Cc1ccccc1)N1CCOCC1. The van der Waals surface area contributed by atoms with Gasteiger partial charge in [-0.2, -0.15) is 0 Å². The molecule has 0 spiro atoms. The normalized spacial score (nSPS) is 19.2. The van der Waals surface area contributed by atoms with Crippen LogP contribution >= 0.6 is 0 Å². The van der Waals surface area contributed by atoms with Crippen LogP contribution in [0.15, 0.2) is 36.4 Å². The fourth-order valence-electron chi connectivity index (χ4n) is 2.04. The highest BCUT2D eigenvalue weighted by atomic mass is 16.5. The molecule has 3 heteroatoms. The molecular weight excluding hydrogens is 226 g/mol. The molecule has 1 aromatic carbocycles. The Bertz CT molecular complexity index is 358. The van der Waals surface area contributed by atoms with Crippen LogP contribution < -0.4 is 0 Å². The Hall–Kier alpha value is -1.16. The number of hydrogen-bond acceptors (Lipinski definition) is 3. The number of rotatable bonds is 5. The van der Waals surface area contributed by atoms with Gasteiger partial charge in [-0.3, -0.25) is 4.90 Å². The molecule has 1 aliphatic rings. The van der Waals surface area contributed by atoms with E-state index in [1.165, 1.54) is 5.56 Å². The predicted octanol–water partition coefficient (Wildman–Crippen LogP) is 2.39. The van der Waals surface area contributed by atoms with Gasteiger partial charge in [-0.15, -0.1) is 0 Å². The monoisotopic (exact) mass is 247 g/mol. The third-order valence-electron chi connectivity index (χ3n) is 3.00. The number of morpholine rings is 1. The van der Waals surface area contributed by atoms with Gasteiger partial charge in [-0.1, -0.05) is 36.4 Å². The second-order valence-electron chi connectivity index (χ2n) is 4.26. The van der Waals surface area contributed by atoms with E-state index in [-0.39, 0.29) is 6.23 Å². The zero-order chi connectivity index (χ0) is 12.6. The van der Waals surface area contributed by atoms with E-state index in [1.54, 1.807) is 0 Å². The van der Waals surface area contributed by atoms with Crippen molar-refractivity contribution >= 4 is 6.08 Å². The van der Waals surface area contributed by atoms with Crippen LogP contribution in [-0.4, -0.2) is 44.0 Å². The summed E-state index contributed by atoms with van der Waals surface area (Å²) in [6, 6.07) is 10.3. The van der Waals surface area contributed by atoms with Gasteiger partial charge in [0.1, 0.15) is 6.23 Å². The van der Waals surface area contributed by atoms with Crippen LogP contribution in [0.1, 0.15) is 12.5 Å². The highest BCUT2D eigenvalue weighted by Crippen LogP contribution is 2.10. The molecule has 1 aromatic rings. The molecular formula is C15H21NO2. The smallest absolute Gasteiger partial charge is 0.130 e. The summed E-state index contributed by atoms with van der Waals surface area (Å²) in [5, 5.41) is 0. The maximum absolute atomic E-state index is 5.79. The molecule has 1 atom stereocenters. The Morgan fingerprint density at radius 2 is 2.00 bits per heavy atom. The van der Waals surface area contributed by atoms with E-state index in [4.69, 9.17) is 9.47 Å². The summed E-state index contributed by atoms with van der Waals surface area (Å²) >= 11 is 0. The van der Waals surface area contributed by atoms with Crippen molar-refractivity contribution in [3.05, 3.63) is 42.0 Å². The Balaban J connectivity index is 1.98. The van der Waals surface area contributed by atoms with Crippen LogP contribution in [0.5, 0.6) is 0 Å². The number of hydrogen-bond donors (Lipinski definition) is 0. The summed E-state index contributed by atoms with van der Waals surface area (Å²) in [6.45, 7) is 6.21. The lowest BCUT2D eigenvalue weighted by Gasteiger charge is -2.32. The van der Waals surface area contributed by atoms with Crippen molar-refractivity contribution in [2.45, 2.75) is 13.2 Å². The maximum atomic E-state index is 5.79. The molecule has 1 heterocycles. The van der Waals surface area contributed by atoms with Crippen LogP contribution in [0.4, 0.5) is 0 Å². The summed E-state index contributed by atoms with van der Waals surface area (Å²) in [7, 11) is 0. The fraction of sp³-hybridized carbons (Fsp3) is 0.467. The Kier molecular flexibility index (Phi) is 5.39. The fourth-order valence-corrected chi connectivity index (χ4v) is 2.04. The number of benzene rings is 1. The van der Waals surface area contributed by atoms with Crippen molar-refractivity contribution < 1.29 is 9.47 Å². The molecule has 0 N–H and O–H groups in total. The first kappa shape index (κ1) is 13.3. The van der Waals surface area contributed by atoms with E-state index in [0.717, 1.165) is 32.9 Å². The highest BCUT2D eigenvalue weighted by molar-refractivity contribution is 5.49. The van der Waals surface area contributed by atoms with Crippen LogP contribution in [0.25, 0.3) is 6.08 Å². The van der Waals surface area contributed by atoms with Gasteiger partial charge in [0.15, 0.2) is 0 Å². The van der Waals surface area contributed by atoms with Crippen molar-refractivity contribution in [1.29, 1.82) is 0 Å². The number of ether oxygens (including phenoxy) is 2. The standard InChI is InChI=1S/C15H21NO2/c1-2-18-15(16-10-12-17-13-11-16)9-8-14-6-4-3-5-7-14/h3-9,15H,2,10-13H2,1H3. The Morgan fingerprint density at radius 3 is 2.67 bits per heavy atom. The highest BCUT2D eigenvalue weighted by Gasteiger charge is 2.18. The Labute approximate surface area is 109 Å². The Morgan fingerprint density at radius 1 is 1.28 bits per heavy atom. The van der Waals surface area contributed by atoms with E-state index in [9.17, 15) is 0 Å². The molecule has 1 unspecified atom stereocenters. The van der Waals surface area contributed by atoms with E-state index < -0.39 is 0 Å². The van der Waals surface area contributed by atoms with Gasteiger partial charge < -0.3 is 9.47 Å².